The van der Waals surface area contributed by atoms with Crippen molar-refractivity contribution < 1.29 is 14.7 Å². The zero-order valence-corrected chi connectivity index (χ0v) is 11.7. The molecule has 0 aliphatic rings. The van der Waals surface area contributed by atoms with Gasteiger partial charge in [-0.1, -0.05) is 38.1 Å². The molecule has 1 aromatic carbocycles. The third-order valence-electron chi connectivity index (χ3n) is 2.93. The molecular formula is C15H21NO3. The summed E-state index contributed by atoms with van der Waals surface area (Å²) in [5, 5.41) is 8.58. The lowest BCUT2D eigenvalue weighted by atomic mass is 10.0. The monoisotopic (exact) mass is 263 g/mol. The quantitative estimate of drug-likeness (QED) is 0.826. The minimum Gasteiger partial charge on any atom is -0.474 e. The maximum Gasteiger partial charge on any atom is 0.394 e. The van der Waals surface area contributed by atoms with Gasteiger partial charge in [-0.25, -0.2) is 4.79 Å². The summed E-state index contributed by atoms with van der Waals surface area (Å²) in [7, 11) is 1.50. The maximum absolute atomic E-state index is 11.2. The van der Waals surface area contributed by atoms with Gasteiger partial charge in [-0.3, -0.25) is 4.79 Å². The molecule has 0 atom stereocenters. The molecule has 0 spiro atoms. The number of hydrogen-bond acceptors (Lipinski definition) is 2. The Labute approximate surface area is 114 Å². The number of nitrogens with zero attached hydrogens (tertiary/aromatic N) is 1. The Hall–Kier alpha value is -1.84. The first-order valence-corrected chi connectivity index (χ1v) is 6.46. The molecule has 0 aliphatic carbocycles. The average Bonchev–Trinajstić information content (AvgIpc) is 2.35. The molecule has 0 unspecified atom stereocenters. The molecule has 0 bridgehead atoms. The molecule has 0 heterocycles. The number of carboxylic acid groups (broad SMARTS) is 1. The summed E-state index contributed by atoms with van der Waals surface area (Å²) < 4.78 is 0. The molecule has 104 valence electrons. The second kappa shape index (κ2) is 6.92. The summed E-state index contributed by atoms with van der Waals surface area (Å²) in [5.74, 6) is -1.64. The van der Waals surface area contributed by atoms with E-state index in [0.717, 1.165) is 12.0 Å². The summed E-state index contributed by atoms with van der Waals surface area (Å²) in [6.45, 7) is 4.77. The van der Waals surface area contributed by atoms with E-state index in [1.165, 1.54) is 17.5 Å². The number of amides is 1. The van der Waals surface area contributed by atoms with Crippen LogP contribution in [0.1, 0.15) is 25.0 Å². The minimum atomic E-state index is -1.41. The first-order chi connectivity index (χ1) is 8.90. The number of carbonyl (C=O) groups is 2. The van der Waals surface area contributed by atoms with E-state index in [0.29, 0.717) is 18.9 Å². The number of benzene rings is 1. The molecule has 0 aliphatic heterocycles. The second-order valence-corrected chi connectivity index (χ2v) is 5.20. The van der Waals surface area contributed by atoms with Crippen molar-refractivity contribution in [1.29, 1.82) is 0 Å². The highest BCUT2D eigenvalue weighted by Crippen LogP contribution is 2.10. The molecule has 1 rings (SSSR count). The van der Waals surface area contributed by atoms with Crippen LogP contribution in [0.15, 0.2) is 24.3 Å². The van der Waals surface area contributed by atoms with E-state index in [1.807, 2.05) is 12.1 Å². The van der Waals surface area contributed by atoms with E-state index in [2.05, 4.69) is 26.0 Å². The third kappa shape index (κ3) is 5.12. The Morgan fingerprint density at radius 3 is 2.16 bits per heavy atom. The summed E-state index contributed by atoms with van der Waals surface area (Å²) >= 11 is 0. The van der Waals surface area contributed by atoms with Crippen LogP contribution < -0.4 is 0 Å². The van der Waals surface area contributed by atoms with Crippen LogP contribution in [-0.4, -0.2) is 35.5 Å². The predicted octanol–water partition coefficient (Wildman–Crippen LogP) is 1.97. The van der Waals surface area contributed by atoms with Crippen LogP contribution in [0.25, 0.3) is 0 Å². The normalized spacial score (nSPS) is 10.5. The van der Waals surface area contributed by atoms with Gasteiger partial charge in [0.25, 0.3) is 0 Å². The molecule has 1 aromatic rings. The van der Waals surface area contributed by atoms with Gasteiger partial charge in [0, 0.05) is 13.6 Å². The van der Waals surface area contributed by atoms with Crippen LogP contribution in [0.3, 0.4) is 0 Å². The minimum absolute atomic E-state index is 0.411. The summed E-state index contributed by atoms with van der Waals surface area (Å²) in [6, 6.07) is 8.26. The molecule has 1 amide bonds. The SMILES string of the molecule is CC(C)Cc1ccc(CCN(C)C(=O)C(=O)O)cc1. The Morgan fingerprint density at radius 2 is 1.68 bits per heavy atom. The van der Waals surface area contributed by atoms with Gasteiger partial charge in [0.05, 0.1) is 0 Å². The third-order valence-corrected chi connectivity index (χ3v) is 2.93. The Kier molecular flexibility index (Phi) is 5.55. The number of rotatable bonds is 5. The van der Waals surface area contributed by atoms with Gasteiger partial charge in [-0.15, -0.1) is 0 Å². The highest BCUT2D eigenvalue weighted by molar-refractivity contribution is 6.31. The maximum atomic E-state index is 11.2. The number of aliphatic carboxylic acids is 1. The van der Waals surface area contributed by atoms with Crippen LogP contribution in [-0.2, 0) is 22.4 Å². The summed E-state index contributed by atoms with van der Waals surface area (Å²) in [6.07, 6.45) is 1.72. The fourth-order valence-electron chi connectivity index (χ4n) is 1.88. The van der Waals surface area contributed by atoms with Crippen molar-refractivity contribution in [2.75, 3.05) is 13.6 Å². The number of likely N-dealkylation sites (N-methyl/N-ethyl adjacent to an activating group) is 1. The van der Waals surface area contributed by atoms with E-state index in [9.17, 15) is 9.59 Å². The molecule has 0 aromatic heterocycles. The lowest BCUT2D eigenvalue weighted by Crippen LogP contribution is -2.34. The van der Waals surface area contributed by atoms with Crippen LogP contribution in [0.4, 0.5) is 0 Å². The predicted molar refractivity (Wildman–Crippen MR) is 74.0 cm³/mol. The van der Waals surface area contributed by atoms with Gasteiger partial charge < -0.3 is 10.0 Å². The van der Waals surface area contributed by atoms with Crippen LogP contribution >= 0.6 is 0 Å². The molecule has 0 fully saturated rings. The van der Waals surface area contributed by atoms with E-state index in [1.54, 1.807) is 0 Å². The fraction of sp³-hybridized carbons (Fsp3) is 0.467. The lowest BCUT2D eigenvalue weighted by molar-refractivity contribution is -0.155. The van der Waals surface area contributed by atoms with Gasteiger partial charge in [-0.05, 0) is 29.9 Å². The van der Waals surface area contributed by atoms with E-state index in [4.69, 9.17) is 5.11 Å². The number of carbonyl (C=O) groups excluding carboxylic acids is 1. The highest BCUT2D eigenvalue weighted by atomic mass is 16.4. The zero-order valence-electron chi connectivity index (χ0n) is 11.7. The second-order valence-electron chi connectivity index (χ2n) is 5.20. The smallest absolute Gasteiger partial charge is 0.394 e. The molecule has 19 heavy (non-hydrogen) atoms. The van der Waals surface area contributed by atoms with Gasteiger partial charge in [0.15, 0.2) is 0 Å². The average molecular weight is 263 g/mol. The zero-order chi connectivity index (χ0) is 14.4. The van der Waals surface area contributed by atoms with Crippen molar-refractivity contribution >= 4 is 11.9 Å². The van der Waals surface area contributed by atoms with Crippen LogP contribution in [0, 0.1) is 5.92 Å². The molecular weight excluding hydrogens is 242 g/mol. The van der Waals surface area contributed by atoms with Crippen molar-refractivity contribution in [3.05, 3.63) is 35.4 Å². The number of carboxylic acids is 1. The number of hydrogen-bond donors (Lipinski definition) is 1. The molecule has 0 radical (unpaired) electrons. The molecule has 4 nitrogen and oxygen atoms in total. The van der Waals surface area contributed by atoms with Crippen molar-refractivity contribution in [3.8, 4) is 0 Å². The van der Waals surface area contributed by atoms with Crippen molar-refractivity contribution in [1.82, 2.24) is 4.90 Å². The van der Waals surface area contributed by atoms with Gasteiger partial charge >= 0.3 is 11.9 Å². The lowest BCUT2D eigenvalue weighted by Gasteiger charge is -2.14. The fourth-order valence-corrected chi connectivity index (χ4v) is 1.88. The molecule has 0 saturated heterocycles. The van der Waals surface area contributed by atoms with E-state index >= 15 is 0 Å². The van der Waals surface area contributed by atoms with Crippen LogP contribution in [0.2, 0.25) is 0 Å². The topological polar surface area (TPSA) is 57.6 Å². The first-order valence-electron chi connectivity index (χ1n) is 6.46. The van der Waals surface area contributed by atoms with E-state index < -0.39 is 11.9 Å². The Bertz CT molecular complexity index is 437. The van der Waals surface area contributed by atoms with E-state index in [-0.39, 0.29) is 0 Å². The standard InChI is InChI=1S/C15H21NO3/c1-11(2)10-13-6-4-12(5-7-13)8-9-16(3)14(17)15(18)19/h4-7,11H,8-10H2,1-3H3,(H,18,19). The van der Waals surface area contributed by atoms with Crippen molar-refractivity contribution in [3.63, 3.8) is 0 Å². The van der Waals surface area contributed by atoms with Crippen molar-refractivity contribution in [2.24, 2.45) is 5.92 Å². The van der Waals surface area contributed by atoms with Crippen LogP contribution in [0.5, 0.6) is 0 Å². The van der Waals surface area contributed by atoms with Gasteiger partial charge in [0.2, 0.25) is 0 Å². The van der Waals surface area contributed by atoms with Gasteiger partial charge in [-0.2, -0.15) is 0 Å². The Balaban J connectivity index is 2.50. The molecule has 1 N–H and O–H groups in total. The van der Waals surface area contributed by atoms with Crippen molar-refractivity contribution in [2.45, 2.75) is 26.7 Å². The summed E-state index contributed by atoms with van der Waals surface area (Å²) in [4.78, 5) is 22.9. The molecule has 4 heteroatoms. The first kappa shape index (κ1) is 15.2. The highest BCUT2D eigenvalue weighted by Gasteiger charge is 2.16. The largest absolute Gasteiger partial charge is 0.474 e. The summed E-state index contributed by atoms with van der Waals surface area (Å²) in [5.41, 5.74) is 2.41. The van der Waals surface area contributed by atoms with Gasteiger partial charge in [0.1, 0.15) is 0 Å². The Morgan fingerprint density at radius 1 is 1.16 bits per heavy atom. The molecule has 0 saturated carbocycles.